The quantitative estimate of drug-likeness (QED) is 0.482. The van der Waals surface area contributed by atoms with Gasteiger partial charge in [0.15, 0.2) is 5.76 Å². The molecule has 1 aromatic heterocycles. The molecule has 0 bridgehead atoms. The maximum atomic E-state index is 13.3. The molecule has 1 fully saturated rings. The number of hydrogen-bond donors (Lipinski definition) is 0. The van der Waals surface area contributed by atoms with E-state index >= 15 is 0 Å². The summed E-state index contributed by atoms with van der Waals surface area (Å²) < 4.78 is 20.9. The van der Waals surface area contributed by atoms with Gasteiger partial charge in [-0.05, 0) is 42.3 Å². The first kappa shape index (κ1) is 23.1. The Morgan fingerprint density at radius 2 is 1.76 bits per heavy atom. The van der Waals surface area contributed by atoms with Crippen molar-refractivity contribution >= 4 is 23.5 Å². The number of furan rings is 1. The van der Waals surface area contributed by atoms with Crippen LogP contribution in [0.25, 0.3) is 0 Å². The molecule has 0 saturated carbocycles. The van der Waals surface area contributed by atoms with Crippen LogP contribution in [0.5, 0.6) is 5.75 Å². The lowest BCUT2D eigenvalue weighted by Gasteiger charge is -2.40. The molecule has 4 rings (SSSR count). The van der Waals surface area contributed by atoms with E-state index in [-0.39, 0.29) is 30.3 Å². The lowest BCUT2D eigenvalue weighted by molar-refractivity contribution is -0.152. The molecular weight excluding hydrogens is 438 g/mol. The van der Waals surface area contributed by atoms with Gasteiger partial charge in [0.25, 0.3) is 0 Å². The Hall–Kier alpha value is -4.07. The zero-order valence-electron chi connectivity index (χ0n) is 18.9. The van der Waals surface area contributed by atoms with Crippen LogP contribution >= 0.6 is 0 Å². The van der Waals surface area contributed by atoms with Gasteiger partial charge in [-0.3, -0.25) is 9.59 Å². The SMILES string of the molecule is COC(=O)c1ccoc1COC(=O)[C@@H]1CCC(=O)N(c2ccc(OC)cc2)[C@@H]1c1ccccc1. The average molecular weight is 463 g/mol. The smallest absolute Gasteiger partial charge is 0.341 e. The number of carbonyl (C=O) groups is 3. The van der Waals surface area contributed by atoms with Crippen LogP contribution in [0.4, 0.5) is 5.69 Å². The third-order valence-corrected chi connectivity index (χ3v) is 5.89. The van der Waals surface area contributed by atoms with Crippen molar-refractivity contribution in [1.29, 1.82) is 0 Å². The molecule has 8 heteroatoms. The van der Waals surface area contributed by atoms with Crippen LogP contribution in [0.15, 0.2) is 71.3 Å². The van der Waals surface area contributed by atoms with E-state index in [1.54, 1.807) is 36.3 Å². The minimum atomic E-state index is -0.612. The van der Waals surface area contributed by atoms with Gasteiger partial charge in [0.1, 0.15) is 17.9 Å². The van der Waals surface area contributed by atoms with E-state index < -0.39 is 23.9 Å². The molecule has 0 aliphatic carbocycles. The first-order valence-corrected chi connectivity index (χ1v) is 10.9. The molecule has 1 saturated heterocycles. The van der Waals surface area contributed by atoms with Gasteiger partial charge in [-0.1, -0.05) is 30.3 Å². The molecule has 1 amide bonds. The summed E-state index contributed by atoms with van der Waals surface area (Å²) in [5.41, 5.74) is 1.69. The molecule has 0 N–H and O–H groups in total. The van der Waals surface area contributed by atoms with Crippen molar-refractivity contribution in [2.45, 2.75) is 25.5 Å². The molecule has 176 valence electrons. The third-order valence-electron chi connectivity index (χ3n) is 5.89. The van der Waals surface area contributed by atoms with Gasteiger partial charge in [-0.15, -0.1) is 0 Å². The molecule has 3 aromatic rings. The number of methoxy groups -OCH3 is 2. The van der Waals surface area contributed by atoms with E-state index in [1.807, 2.05) is 30.3 Å². The Morgan fingerprint density at radius 3 is 2.44 bits per heavy atom. The molecule has 2 heterocycles. The predicted molar refractivity (Wildman–Crippen MR) is 122 cm³/mol. The number of anilines is 1. The Balaban J connectivity index is 1.62. The van der Waals surface area contributed by atoms with Crippen LogP contribution in [-0.2, 0) is 25.7 Å². The van der Waals surface area contributed by atoms with E-state index in [2.05, 4.69) is 0 Å². The molecule has 34 heavy (non-hydrogen) atoms. The highest BCUT2D eigenvalue weighted by Gasteiger charge is 2.42. The van der Waals surface area contributed by atoms with Crippen LogP contribution in [0.1, 0.15) is 40.6 Å². The van der Waals surface area contributed by atoms with Gasteiger partial charge in [0.05, 0.1) is 32.4 Å². The van der Waals surface area contributed by atoms with Crippen molar-refractivity contribution in [2.24, 2.45) is 5.92 Å². The fourth-order valence-electron chi connectivity index (χ4n) is 4.21. The van der Waals surface area contributed by atoms with Gasteiger partial charge >= 0.3 is 11.9 Å². The van der Waals surface area contributed by atoms with Crippen LogP contribution < -0.4 is 9.64 Å². The molecule has 0 spiro atoms. The highest BCUT2D eigenvalue weighted by molar-refractivity contribution is 5.97. The van der Waals surface area contributed by atoms with E-state index in [9.17, 15) is 14.4 Å². The number of carbonyl (C=O) groups excluding carboxylic acids is 3. The van der Waals surface area contributed by atoms with Crippen LogP contribution in [0, 0.1) is 5.92 Å². The number of nitrogens with zero attached hydrogens (tertiary/aromatic N) is 1. The van der Waals surface area contributed by atoms with E-state index in [4.69, 9.17) is 18.6 Å². The number of amides is 1. The molecule has 8 nitrogen and oxygen atoms in total. The molecule has 2 aromatic carbocycles. The largest absolute Gasteiger partial charge is 0.497 e. The fourth-order valence-corrected chi connectivity index (χ4v) is 4.21. The van der Waals surface area contributed by atoms with Crippen LogP contribution in [0.2, 0.25) is 0 Å². The Kier molecular flexibility index (Phi) is 6.96. The van der Waals surface area contributed by atoms with Gasteiger partial charge in [0, 0.05) is 12.1 Å². The summed E-state index contributed by atoms with van der Waals surface area (Å²) >= 11 is 0. The van der Waals surface area contributed by atoms with E-state index in [0.29, 0.717) is 17.9 Å². The summed E-state index contributed by atoms with van der Waals surface area (Å²) in [6, 6.07) is 17.5. The van der Waals surface area contributed by atoms with Gasteiger partial charge in [-0.2, -0.15) is 0 Å². The van der Waals surface area contributed by atoms with Crippen molar-refractivity contribution in [3.8, 4) is 5.75 Å². The number of ether oxygens (including phenoxy) is 3. The average Bonchev–Trinajstić information content (AvgIpc) is 3.36. The summed E-state index contributed by atoms with van der Waals surface area (Å²) in [7, 11) is 2.84. The maximum absolute atomic E-state index is 13.3. The second-order valence-electron chi connectivity index (χ2n) is 7.82. The van der Waals surface area contributed by atoms with Crippen molar-refractivity contribution in [1.82, 2.24) is 0 Å². The van der Waals surface area contributed by atoms with Crippen LogP contribution in [0.3, 0.4) is 0 Å². The lowest BCUT2D eigenvalue weighted by atomic mass is 9.84. The van der Waals surface area contributed by atoms with Gasteiger partial charge in [0.2, 0.25) is 5.91 Å². The number of piperidine rings is 1. The van der Waals surface area contributed by atoms with E-state index in [0.717, 1.165) is 5.56 Å². The summed E-state index contributed by atoms with van der Waals surface area (Å²) in [6.45, 7) is -0.218. The van der Waals surface area contributed by atoms with Gasteiger partial charge < -0.3 is 23.5 Å². The van der Waals surface area contributed by atoms with Crippen molar-refractivity contribution < 1.29 is 33.0 Å². The second kappa shape index (κ2) is 10.2. The monoisotopic (exact) mass is 463 g/mol. The number of rotatable bonds is 7. The summed E-state index contributed by atoms with van der Waals surface area (Å²) in [5.74, 6) is -0.876. The second-order valence-corrected chi connectivity index (χ2v) is 7.82. The fraction of sp³-hybridized carbons (Fsp3) is 0.269. The number of esters is 2. The molecule has 0 unspecified atom stereocenters. The highest BCUT2D eigenvalue weighted by atomic mass is 16.5. The number of benzene rings is 2. The first-order valence-electron chi connectivity index (χ1n) is 10.9. The Labute approximate surface area is 197 Å². The van der Waals surface area contributed by atoms with E-state index in [1.165, 1.54) is 19.4 Å². The first-order chi connectivity index (χ1) is 16.5. The van der Waals surface area contributed by atoms with Crippen LogP contribution in [-0.4, -0.2) is 32.1 Å². The molecule has 0 radical (unpaired) electrons. The molecule has 1 aliphatic rings. The highest BCUT2D eigenvalue weighted by Crippen LogP contribution is 2.41. The lowest BCUT2D eigenvalue weighted by Crippen LogP contribution is -2.46. The summed E-state index contributed by atoms with van der Waals surface area (Å²) in [5, 5.41) is 0. The molecule has 2 atom stereocenters. The zero-order valence-corrected chi connectivity index (χ0v) is 18.9. The summed E-state index contributed by atoms with van der Waals surface area (Å²) in [6.07, 6.45) is 1.88. The zero-order chi connectivity index (χ0) is 24.1. The van der Waals surface area contributed by atoms with Crippen molar-refractivity contribution in [3.63, 3.8) is 0 Å². The standard InChI is InChI=1S/C26H25NO7/c1-31-19-10-8-18(9-11-19)27-23(28)13-12-21(24(27)17-6-4-3-5-7-17)26(30)34-16-22-20(14-15-33-22)25(29)32-2/h3-11,14-15,21,24H,12-13,16H2,1-2H3/t21-,24-/m1/s1. The van der Waals surface area contributed by atoms with Crippen molar-refractivity contribution in [3.05, 3.63) is 83.8 Å². The summed E-state index contributed by atoms with van der Waals surface area (Å²) in [4.78, 5) is 39.9. The van der Waals surface area contributed by atoms with Crippen molar-refractivity contribution in [2.75, 3.05) is 19.1 Å². The Morgan fingerprint density at radius 1 is 1.03 bits per heavy atom. The third kappa shape index (κ3) is 4.66. The normalized spacial score (nSPS) is 17.8. The molecule has 1 aliphatic heterocycles. The molecular formula is C26H25NO7. The minimum absolute atomic E-state index is 0.0814. The number of hydrogen-bond acceptors (Lipinski definition) is 7. The topological polar surface area (TPSA) is 95.3 Å². The minimum Gasteiger partial charge on any atom is -0.497 e. The van der Waals surface area contributed by atoms with Gasteiger partial charge in [-0.25, -0.2) is 4.79 Å². The maximum Gasteiger partial charge on any atom is 0.341 e. The predicted octanol–water partition coefficient (Wildman–Crippen LogP) is 4.30. The Bertz CT molecular complexity index is 1150.